The van der Waals surface area contributed by atoms with E-state index < -0.39 is 9.05 Å². The summed E-state index contributed by atoms with van der Waals surface area (Å²) in [5, 5.41) is 0.195. The number of hydrogen-bond donors (Lipinski definition) is 0. The molecule has 0 aromatic heterocycles. The van der Waals surface area contributed by atoms with E-state index in [9.17, 15) is 8.42 Å². The maximum Gasteiger partial charge on any atom is 0.265 e. The number of unbranched alkanes of at least 4 members (excludes halogenated alkanes) is 1. The summed E-state index contributed by atoms with van der Waals surface area (Å²) in [5.41, 5.74) is 0. The molecule has 0 saturated heterocycles. The van der Waals surface area contributed by atoms with Gasteiger partial charge in [-0.05, 0) is 25.0 Å². The van der Waals surface area contributed by atoms with Crippen molar-refractivity contribution in [1.82, 2.24) is 0 Å². The first-order chi connectivity index (χ1) is 8.86. The van der Waals surface area contributed by atoms with Crippen LogP contribution in [0.15, 0.2) is 21.5 Å². The van der Waals surface area contributed by atoms with Gasteiger partial charge in [0.1, 0.15) is 4.90 Å². The molecule has 1 aromatic rings. The zero-order chi connectivity index (χ0) is 14.5. The average molecular weight is 392 g/mol. The molecule has 0 N–H and O–H groups in total. The van der Waals surface area contributed by atoms with E-state index >= 15 is 0 Å². The first kappa shape index (κ1) is 17.0. The fourth-order valence-electron chi connectivity index (χ4n) is 1.38. The molecule has 1 aromatic carbocycles. The normalized spacial score (nSPS) is 11.6. The summed E-state index contributed by atoms with van der Waals surface area (Å²) < 4.78 is 33.8. The van der Waals surface area contributed by atoms with Gasteiger partial charge in [0.2, 0.25) is 0 Å². The number of halogens is 3. The third kappa shape index (κ3) is 5.47. The highest BCUT2D eigenvalue weighted by molar-refractivity contribution is 9.10. The standard InChI is InChI=1S/C11H13BrCl2O4S/c1-17-4-2-3-5-18-11-9(13)6-8(12)7-10(11)19(14,15)16/h6-7H,2-5H2,1H3. The Bertz CT molecular complexity index is 534. The van der Waals surface area contributed by atoms with Crippen molar-refractivity contribution in [3.05, 3.63) is 21.6 Å². The molecule has 0 fully saturated rings. The lowest BCUT2D eigenvalue weighted by atomic mass is 10.3. The molecule has 0 unspecified atom stereocenters. The summed E-state index contributed by atoms with van der Waals surface area (Å²) in [4.78, 5) is -0.139. The summed E-state index contributed by atoms with van der Waals surface area (Å²) in [5.74, 6) is 0.0808. The SMILES string of the molecule is COCCCCOc1c(Cl)cc(Br)cc1S(=O)(=O)Cl. The van der Waals surface area contributed by atoms with Gasteiger partial charge in [0, 0.05) is 28.9 Å². The second kappa shape index (κ2) is 7.69. The zero-order valence-corrected chi connectivity index (χ0v) is 14.1. The minimum Gasteiger partial charge on any atom is -0.491 e. The summed E-state index contributed by atoms with van der Waals surface area (Å²) >= 11 is 9.14. The molecule has 0 atom stereocenters. The van der Waals surface area contributed by atoms with Crippen molar-refractivity contribution in [3.8, 4) is 5.75 Å². The van der Waals surface area contributed by atoms with E-state index in [0.29, 0.717) is 17.7 Å². The monoisotopic (exact) mass is 390 g/mol. The third-order valence-electron chi connectivity index (χ3n) is 2.23. The van der Waals surface area contributed by atoms with Crippen LogP contribution in [0.5, 0.6) is 5.75 Å². The van der Waals surface area contributed by atoms with E-state index in [4.69, 9.17) is 31.8 Å². The van der Waals surface area contributed by atoms with Gasteiger partial charge in [-0.2, -0.15) is 0 Å². The van der Waals surface area contributed by atoms with Crippen LogP contribution in [-0.2, 0) is 13.8 Å². The highest BCUT2D eigenvalue weighted by Gasteiger charge is 2.20. The maximum atomic E-state index is 11.5. The van der Waals surface area contributed by atoms with Gasteiger partial charge < -0.3 is 9.47 Å². The van der Waals surface area contributed by atoms with Crippen molar-refractivity contribution >= 4 is 47.3 Å². The molecule has 0 aliphatic rings. The summed E-state index contributed by atoms with van der Waals surface area (Å²) in [6.45, 7) is 0.961. The van der Waals surface area contributed by atoms with Crippen molar-refractivity contribution in [2.45, 2.75) is 17.7 Å². The fraction of sp³-hybridized carbons (Fsp3) is 0.455. The molecule has 0 bridgehead atoms. The van der Waals surface area contributed by atoms with Crippen molar-refractivity contribution in [3.63, 3.8) is 0 Å². The Balaban J connectivity index is 2.87. The second-order valence-electron chi connectivity index (χ2n) is 3.70. The topological polar surface area (TPSA) is 52.6 Å². The highest BCUT2D eigenvalue weighted by Crippen LogP contribution is 2.37. The molecule has 0 radical (unpaired) electrons. The maximum absolute atomic E-state index is 11.5. The van der Waals surface area contributed by atoms with Crippen molar-refractivity contribution < 1.29 is 17.9 Å². The Labute approximate surface area is 130 Å². The highest BCUT2D eigenvalue weighted by atomic mass is 79.9. The van der Waals surface area contributed by atoms with E-state index in [1.165, 1.54) is 6.07 Å². The molecule has 108 valence electrons. The Morgan fingerprint density at radius 2 is 1.89 bits per heavy atom. The van der Waals surface area contributed by atoms with Gasteiger partial charge in [0.15, 0.2) is 5.75 Å². The van der Waals surface area contributed by atoms with Crippen LogP contribution in [-0.4, -0.2) is 28.7 Å². The van der Waals surface area contributed by atoms with E-state index in [1.54, 1.807) is 13.2 Å². The molecule has 0 aliphatic carbocycles. The molecule has 8 heteroatoms. The van der Waals surface area contributed by atoms with Gasteiger partial charge >= 0.3 is 0 Å². The molecule has 0 amide bonds. The summed E-state index contributed by atoms with van der Waals surface area (Å²) in [7, 11) is 3.06. The first-order valence-electron chi connectivity index (χ1n) is 5.41. The predicted molar refractivity (Wildman–Crippen MR) is 78.8 cm³/mol. The van der Waals surface area contributed by atoms with Crippen LogP contribution in [0.2, 0.25) is 5.02 Å². The molecule has 0 heterocycles. The lowest BCUT2D eigenvalue weighted by molar-refractivity contribution is 0.183. The van der Waals surface area contributed by atoms with Crippen LogP contribution in [0.4, 0.5) is 0 Å². The van der Waals surface area contributed by atoms with Crippen LogP contribution in [0, 0.1) is 0 Å². The van der Waals surface area contributed by atoms with Gasteiger partial charge in [-0.15, -0.1) is 0 Å². The molecule has 1 rings (SSSR count). The third-order valence-corrected chi connectivity index (χ3v) is 4.29. The van der Waals surface area contributed by atoms with E-state index in [2.05, 4.69) is 15.9 Å². The predicted octanol–water partition coefficient (Wildman–Crippen LogP) is 3.84. The number of methoxy groups -OCH3 is 1. The van der Waals surface area contributed by atoms with Crippen LogP contribution in [0.1, 0.15) is 12.8 Å². The average Bonchev–Trinajstić information content (AvgIpc) is 2.29. The minimum absolute atomic E-state index is 0.0808. The van der Waals surface area contributed by atoms with Crippen LogP contribution < -0.4 is 4.74 Å². The van der Waals surface area contributed by atoms with Gasteiger partial charge in [-0.3, -0.25) is 0 Å². The summed E-state index contributed by atoms with van der Waals surface area (Å²) in [6.07, 6.45) is 1.54. The van der Waals surface area contributed by atoms with Crippen LogP contribution >= 0.6 is 38.2 Å². The molecular weight excluding hydrogens is 379 g/mol. The van der Waals surface area contributed by atoms with Gasteiger partial charge in [-0.1, -0.05) is 27.5 Å². The van der Waals surface area contributed by atoms with Crippen LogP contribution in [0.3, 0.4) is 0 Å². The Morgan fingerprint density at radius 3 is 2.47 bits per heavy atom. The van der Waals surface area contributed by atoms with E-state index in [1.807, 2.05) is 0 Å². The number of hydrogen-bond acceptors (Lipinski definition) is 4. The molecule has 0 saturated carbocycles. The quantitative estimate of drug-likeness (QED) is 0.523. The van der Waals surface area contributed by atoms with Gasteiger partial charge in [0.05, 0.1) is 11.6 Å². The number of ether oxygens (including phenoxy) is 2. The van der Waals surface area contributed by atoms with Gasteiger partial charge in [-0.25, -0.2) is 8.42 Å². The van der Waals surface area contributed by atoms with Gasteiger partial charge in [0.25, 0.3) is 9.05 Å². The lowest BCUT2D eigenvalue weighted by Gasteiger charge is -2.12. The molecular formula is C11H13BrCl2O4S. The minimum atomic E-state index is -3.92. The van der Waals surface area contributed by atoms with Crippen molar-refractivity contribution in [1.29, 1.82) is 0 Å². The lowest BCUT2D eigenvalue weighted by Crippen LogP contribution is -2.04. The Morgan fingerprint density at radius 1 is 1.26 bits per heavy atom. The van der Waals surface area contributed by atoms with Crippen molar-refractivity contribution in [2.75, 3.05) is 20.3 Å². The molecule has 0 spiro atoms. The molecule has 19 heavy (non-hydrogen) atoms. The van der Waals surface area contributed by atoms with Crippen LogP contribution in [0.25, 0.3) is 0 Å². The largest absolute Gasteiger partial charge is 0.491 e. The first-order valence-corrected chi connectivity index (χ1v) is 8.89. The number of rotatable bonds is 7. The molecule has 4 nitrogen and oxygen atoms in total. The Hall–Kier alpha value is -0.0100. The fourth-order valence-corrected chi connectivity index (χ4v) is 3.45. The number of benzene rings is 1. The van der Waals surface area contributed by atoms with E-state index in [0.717, 1.165) is 12.8 Å². The molecule has 0 aliphatic heterocycles. The zero-order valence-electron chi connectivity index (χ0n) is 10.2. The Kier molecular flexibility index (Phi) is 6.90. The smallest absolute Gasteiger partial charge is 0.265 e. The van der Waals surface area contributed by atoms with E-state index in [-0.39, 0.29) is 15.7 Å². The summed E-state index contributed by atoms with van der Waals surface area (Å²) in [6, 6.07) is 2.91. The van der Waals surface area contributed by atoms with Crippen molar-refractivity contribution in [2.24, 2.45) is 0 Å². The second-order valence-corrected chi connectivity index (χ2v) is 7.56.